The lowest BCUT2D eigenvalue weighted by Gasteiger charge is -2.34. The van der Waals surface area contributed by atoms with E-state index in [2.05, 4.69) is 4.90 Å². The van der Waals surface area contributed by atoms with Crippen LogP contribution in [0.15, 0.2) is 34.7 Å². The number of esters is 1. The summed E-state index contributed by atoms with van der Waals surface area (Å²) in [6.45, 7) is 7.94. The maximum atomic E-state index is 12.7. The molecule has 0 saturated carbocycles. The number of morpholine rings is 1. The van der Waals surface area contributed by atoms with Crippen LogP contribution in [0.2, 0.25) is 0 Å². The molecule has 168 valence electrons. The lowest BCUT2D eigenvalue weighted by atomic mass is 9.88. The van der Waals surface area contributed by atoms with Gasteiger partial charge >= 0.3 is 5.97 Å². The molecule has 1 fully saturated rings. The molecule has 1 aromatic heterocycles. The minimum atomic E-state index is -0.680. The fourth-order valence-electron chi connectivity index (χ4n) is 3.97. The normalized spacial score (nSPS) is 16.4. The van der Waals surface area contributed by atoms with Gasteiger partial charge in [-0.3, -0.25) is 24.1 Å². The number of ether oxygens (including phenoxy) is 2. The lowest BCUT2D eigenvalue weighted by Crippen LogP contribution is -2.43. The van der Waals surface area contributed by atoms with E-state index in [1.165, 1.54) is 6.07 Å². The van der Waals surface area contributed by atoms with Crippen LogP contribution in [-0.4, -0.2) is 67.7 Å². The number of benzene rings is 1. The van der Waals surface area contributed by atoms with Gasteiger partial charge in [-0.05, 0) is 6.07 Å². The van der Waals surface area contributed by atoms with Crippen LogP contribution in [0.5, 0.6) is 0 Å². The second kappa shape index (κ2) is 8.80. The maximum absolute atomic E-state index is 12.7. The number of ketones is 3. The molecule has 0 spiro atoms. The summed E-state index contributed by atoms with van der Waals surface area (Å²) in [5.41, 5.74) is 0.258. The van der Waals surface area contributed by atoms with E-state index in [0.29, 0.717) is 13.2 Å². The van der Waals surface area contributed by atoms with Crippen molar-refractivity contribution in [1.29, 1.82) is 0 Å². The first-order chi connectivity index (χ1) is 15.2. The Balaban J connectivity index is 1.37. The molecule has 1 aromatic carbocycles. The number of nitrogens with zero attached hydrogens (tertiary/aromatic N) is 1. The van der Waals surface area contributed by atoms with Crippen LogP contribution in [0.1, 0.15) is 62.9 Å². The molecule has 32 heavy (non-hydrogen) atoms. The molecular weight excluding hydrogens is 414 g/mol. The smallest absolute Gasteiger partial charge is 0.313 e. The van der Waals surface area contributed by atoms with Crippen LogP contribution < -0.4 is 0 Å². The van der Waals surface area contributed by atoms with Crippen molar-refractivity contribution in [2.75, 3.05) is 39.5 Å². The second-order valence-corrected chi connectivity index (χ2v) is 8.87. The number of carbonyl (C=O) groups excluding carboxylic acids is 4. The zero-order chi connectivity index (χ0) is 22.9. The maximum Gasteiger partial charge on any atom is 0.313 e. The number of carbonyl (C=O) groups is 4. The monoisotopic (exact) mass is 439 g/mol. The Morgan fingerprint density at radius 2 is 1.69 bits per heavy atom. The molecule has 0 N–H and O–H groups in total. The molecule has 8 heteroatoms. The molecule has 0 amide bonds. The first kappa shape index (κ1) is 22.1. The first-order valence-electron chi connectivity index (χ1n) is 10.6. The highest BCUT2D eigenvalue weighted by Crippen LogP contribution is 2.30. The third kappa shape index (κ3) is 4.56. The van der Waals surface area contributed by atoms with Crippen molar-refractivity contribution in [1.82, 2.24) is 4.90 Å². The third-order valence-electron chi connectivity index (χ3n) is 5.56. The summed E-state index contributed by atoms with van der Waals surface area (Å²) in [5, 5.41) is 0. The van der Waals surface area contributed by atoms with Gasteiger partial charge < -0.3 is 13.9 Å². The van der Waals surface area contributed by atoms with Crippen molar-refractivity contribution in [3.05, 3.63) is 58.5 Å². The minimum absolute atomic E-state index is 0.0389. The van der Waals surface area contributed by atoms with Crippen LogP contribution in [0.25, 0.3) is 0 Å². The third-order valence-corrected chi connectivity index (χ3v) is 5.56. The van der Waals surface area contributed by atoms with E-state index in [1.807, 2.05) is 13.8 Å². The Kier molecular flexibility index (Phi) is 6.08. The van der Waals surface area contributed by atoms with E-state index >= 15 is 0 Å². The van der Waals surface area contributed by atoms with E-state index in [0.717, 1.165) is 19.6 Å². The molecule has 2 aromatic rings. The average molecular weight is 439 g/mol. The lowest BCUT2D eigenvalue weighted by molar-refractivity contribution is -0.146. The van der Waals surface area contributed by atoms with Gasteiger partial charge in [0.15, 0.2) is 17.3 Å². The molecule has 0 unspecified atom stereocenters. The zero-order valence-electron chi connectivity index (χ0n) is 18.1. The van der Waals surface area contributed by atoms with E-state index in [-0.39, 0.29) is 46.0 Å². The topological polar surface area (TPSA) is 103 Å². The van der Waals surface area contributed by atoms with Crippen LogP contribution >= 0.6 is 0 Å². The molecular formula is C24H25NO7. The van der Waals surface area contributed by atoms with Crippen molar-refractivity contribution < 1.29 is 33.1 Å². The van der Waals surface area contributed by atoms with Gasteiger partial charge in [-0.15, -0.1) is 0 Å². The molecule has 0 bridgehead atoms. The first-order valence-corrected chi connectivity index (χ1v) is 10.6. The molecule has 1 saturated heterocycles. The number of Topliss-reactive ketones (excluding diaryl/α,β-unsaturated/α-hetero) is 1. The van der Waals surface area contributed by atoms with E-state index < -0.39 is 24.0 Å². The predicted octanol–water partition coefficient (Wildman–Crippen LogP) is 2.53. The Morgan fingerprint density at radius 1 is 1.03 bits per heavy atom. The molecule has 1 aliphatic heterocycles. The molecule has 8 nitrogen and oxygen atoms in total. The van der Waals surface area contributed by atoms with Crippen LogP contribution in [0, 0.1) is 5.41 Å². The Bertz CT molecular complexity index is 1020. The quantitative estimate of drug-likeness (QED) is 0.314. The minimum Gasteiger partial charge on any atom is -0.465 e. The largest absolute Gasteiger partial charge is 0.465 e. The van der Waals surface area contributed by atoms with Crippen molar-refractivity contribution in [3.63, 3.8) is 0 Å². The van der Waals surface area contributed by atoms with Gasteiger partial charge in [0.2, 0.25) is 11.6 Å². The number of fused-ring (bicyclic) bond motifs is 2. The van der Waals surface area contributed by atoms with Crippen LogP contribution in [0.4, 0.5) is 0 Å². The van der Waals surface area contributed by atoms with Crippen LogP contribution in [0.3, 0.4) is 0 Å². The fourth-order valence-corrected chi connectivity index (χ4v) is 3.97. The van der Waals surface area contributed by atoms with Gasteiger partial charge in [0.05, 0.1) is 25.4 Å². The van der Waals surface area contributed by atoms with E-state index in [1.54, 1.807) is 24.3 Å². The van der Waals surface area contributed by atoms with Crippen molar-refractivity contribution in [3.8, 4) is 0 Å². The van der Waals surface area contributed by atoms with Gasteiger partial charge in [-0.25, -0.2) is 0 Å². The molecule has 0 radical (unpaired) electrons. The van der Waals surface area contributed by atoms with Gasteiger partial charge in [-0.2, -0.15) is 0 Å². The summed E-state index contributed by atoms with van der Waals surface area (Å²) < 4.78 is 16.1. The summed E-state index contributed by atoms with van der Waals surface area (Å²) in [6.07, 6.45) is -0.532. The standard InChI is InChI=1S/C24H25NO7/c1-24(2,13-25-7-9-30-10-8-25)14-31-20(27)12-18(26)19-11-17-21(28)15-5-3-4-6-16(15)22(29)23(17)32-19/h3-6,11H,7-10,12-14H2,1-2H3. The SMILES string of the molecule is CC(C)(COC(=O)CC(=O)c1cc2c(o1)C(=O)c1ccccc1C2=O)CN1CCOCC1. The fraction of sp³-hybridized carbons (Fsp3) is 0.417. The predicted molar refractivity (Wildman–Crippen MR) is 113 cm³/mol. The molecule has 1 aliphatic carbocycles. The van der Waals surface area contributed by atoms with Gasteiger partial charge in [0.25, 0.3) is 0 Å². The number of hydrogen-bond acceptors (Lipinski definition) is 8. The zero-order valence-corrected chi connectivity index (χ0v) is 18.1. The molecule has 4 rings (SSSR count). The van der Waals surface area contributed by atoms with E-state index in [4.69, 9.17) is 13.9 Å². The van der Waals surface area contributed by atoms with E-state index in [9.17, 15) is 19.2 Å². The summed E-state index contributed by atoms with van der Waals surface area (Å²) in [7, 11) is 0. The van der Waals surface area contributed by atoms with Crippen molar-refractivity contribution in [2.45, 2.75) is 20.3 Å². The van der Waals surface area contributed by atoms with Crippen LogP contribution in [-0.2, 0) is 14.3 Å². The summed E-state index contributed by atoms with van der Waals surface area (Å²) in [5.74, 6) is -2.53. The van der Waals surface area contributed by atoms with Gasteiger partial charge in [0.1, 0.15) is 6.42 Å². The van der Waals surface area contributed by atoms with Crippen molar-refractivity contribution in [2.24, 2.45) is 5.41 Å². The summed E-state index contributed by atoms with van der Waals surface area (Å²) in [6, 6.07) is 7.66. The second-order valence-electron chi connectivity index (χ2n) is 8.87. The Morgan fingerprint density at radius 3 is 2.38 bits per heavy atom. The summed E-state index contributed by atoms with van der Waals surface area (Å²) in [4.78, 5) is 52.4. The highest BCUT2D eigenvalue weighted by atomic mass is 16.5. The van der Waals surface area contributed by atoms with Crippen molar-refractivity contribution >= 4 is 23.3 Å². The number of furan rings is 1. The molecule has 2 heterocycles. The highest BCUT2D eigenvalue weighted by molar-refractivity contribution is 6.28. The Hall–Kier alpha value is -3.10. The molecule has 0 atom stereocenters. The average Bonchev–Trinajstić information content (AvgIpc) is 3.23. The highest BCUT2D eigenvalue weighted by Gasteiger charge is 2.35. The number of rotatable bonds is 7. The molecule has 2 aliphatic rings. The van der Waals surface area contributed by atoms with Gasteiger partial charge in [-0.1, -0.05) is 38.1 Å². The summed E-state index contributed by atoms with van der Waals surface area (Å²) >= 11 is 0. The van der Waals surface area contributed by atoms with Gasteiger partial charge in [0, 0.05) is 36.2 Å². The number of hydrogen-bond donors (Lipinski definition) is 0. The Labute approximate surface area is 185 Å².